The van der Waals surface area contributed by atoms with Crippen molar-refractivity contribution in [3.63, 3.8) is 0 Å². The van der Waals surface area contributed by atoms with Crippen LogP contribution >= 0.6 is 0 Å². The lowest BCUT2D eigenvalue weighted by molar-refractivity contribution is 0.0656. The lowest BCUT2D eigenvalue weighted by atomic mass is 10.1. The van der Waals surface area contributed by atoms with Gasteiger partial charge in [-0.05, 0) is 57.0 Å². The number of nitrogens with zero attached hydrogens (tertiary/aromatic N) is 1. The van der Waals surface area contributed by atoms with Crippen LogP contribution in [0, 0.1) is 13.8 Å². The third-order valence-electron chi connectivity index (χ3n) is 3.76. The zero-order valence-corrected chi connectivity index (χ0v) is 13.6. The summed E-state index contributed by atoms with van der Waals surface area (Å²) in [5, 5.41) is 0. The van der Waals surface area contributed by atoms with E-state index in [0.717, 1.165) is 25.2 Å². The molecule has 0 aliphatic carbocycles. The molecule has 0 radical (unpaired) electrons. The number of likely N-dealkylation sites (tertiary alicyclic amines) is 1. The first-order chi connectivity index (χ1) is 9.99. The first kappa shape index (κ1) is 16.4. The molecule has 0 aromatic heterocycles. The fourth-order valence-corrected chi connectivity index (χ4v) is 3.68. The molecule has 6 heteroatoms. The third kappa shape index (κ3) is 4.78. The Kier molecular flexibility index (Phi) is 5.75. The van der Waals surface area contributed by atoms with Crippen molar-refractivity contribution in [1.82, 2.24) is 9.79 Å². The molecule has 0 atom stereocenters. The van der Waals surface area contributed by atoms with E-state index in [1.165, 1.54) is 19.3 Å². The van der Waals surface area contributed by atoms with Gasteiger partial charge in [-0.25, -0.2) is 8.42 Å². The number of sulfonamides is 1. The van der Waals surface area contributed by atoms with E-state index in [4.69, 9.17) is 4.84 Å². The predicted molar refractivity (Wildman–Crippen MR) is 82.5 cm³/mol. The largest absolute Gasteiger partial charge is 0.301 e. The van der Waals surface area contributed by atoms with E-state index < -0.39 is 10.0 Å². The van der Waals surface area contributed by atoms with Gasteiger partial charge in [0.05, 0.1) is 11.5 Å². The number of hydrogen-bond donors (Lipinski definition) is 1. The average molecular weight is 312 g/mol. The van der Waals surface area contributed by atoms with Gasteiger partial charge in [0.25, 0.3) is 10.0 Å². The molecule has 0 amide bonds. The minimum absolute atomic E-state index is 0.278. The van der Waals surface area contributed by atoms with E-state index >= 15 is 0 Å². The van der Waals surface area contributed by atoms with Crippen molar-refractivity contribution in [2.24, 2.45) is 0 Å². The number of benzene rings is 1. The molecule has 1 saturated heterocycles. The van der Waals surface area contributed by atoms with Crippen LogP contribution in [0.3, 0.4) is 0 Å². The van der Waals surface area contributed by atoms with Crippen molar-refractivity contribution >= 4 is 10.0 Å². The summed E-state index contributed by atoms with van der Waals surface area (Å²) in [6, 6.07) is 5.36. The van der Waals surface area contributed by atoms with E-state index in [-0.39, 0.29) is 4.90 Å². The number of piperidine rings is 1. The smallest absolute Gasteiger partial charge is 0.262 e. The molecule has 2 rings (SSSR count). The molecule has 0 bridgehead atoms. The predicted octanol–water partition coefficient (Wildman–Crippen LogP) is 2.00. The molecule has 1 heterocycles. The maximum atomic E-state index is 12.2. The second-order valence-electron chi connectivity index (χ2n) is 5.61. The number of nitrogens with one attached hydrogen (secondary N) is 1. The summed E-state index contributed by atoms with van der Waals surface area (Å²) < 4.78 is 24.4. The maximum absolute atomic E-state index is 12.2. The molecule has 0 unspecified atom stereocenters. The molecule has 118 valence electrons. The van der Waals surface area contributed by atoms with E-state index in [0.29, 0.717) is 12.2 Å². The first-order valence-corrected chi connectivity index (χ1v) is 8.90. The van der Waals surface area contributed by atoms with Gasteiger partial charge in [0.15, 0.2) is 0 Å². The molecule has 1 fully saturated rings. The van der Waals surface area contributed by atoms with Crippen molar-refractivity contribution in [2.75, 3.05) is 26.2 Å². The van der Waals surface area contributed by atoms with Crippen molar-refractivity contribution in [3.05, 3.63) is 29.3 Å². The Balaban J connectivity index is 1.85. The fourth-order valence-electron chi connectivity index (χ4n) is 2.52. The Hall–Kier alpha value is -0.950. The highest BCUT2D eigenvalue weighted by molar-refractivity contribution is 7.89. The maximum Gasteiger partial charge on any atom is 0.262 e. The second-order valence-corrected chi connectivity index (χ2v) is 7.22. The SMILES string of the molecule is Cc1ccc(C)c(S(=O)(=O)NOCCN2CCCCC2)c1. The minimum atomic E-state index is -3.61. The molecular formula is C15H24N2O3S. The molecule has 21 heavy (non-hydrogen) atoms. The first-order valence-electron chi connectivity index (χ1n) is 7.42. The Labute approximate surface area is 127 Å². The molecule has 0 spiro atoms. The van der Waals surface area contributed by atoms with Gasteiger partial charge in [-0.15, -0.1) is 0 Å². The van der Waals surface area contributed by atoms with Gasteiger partial charge in [0.2, 0.25) is 0 Å². The number of hydrogen-bond acceptors (Lipinski definition) is 4. The van der Waals surface area contributed by atoms with Gasteiger partial charge < -0.3 is 4.90 Å². The molecule has 0 saturated carbocycles. The average Bonchev–Trinajstić information content (AvgIpc) is 2.47. The molecule has 1 aromatic rings. The van der Waals surface area contributed by atoms with Gasteiger partial charge in [0, 0.05) is 6.54 Å². The summed E-state index contributed by atoms with van der Waals surface area (Å²) in [4.78, 5) is 9.98. The highest BCUT2D eigenvalue weighted by Crippen LogP contribution is 2.16. The summed E-state index contributed by atoms with van der Waals surface area (Å²) >= 11 is 0. The van der Waals surface area contributed by atoms with E-state index in [2.05, 4.69) is 9.79 Å². The van der Waals surface area contributed by atoms with Crippen LogP contribution in [0.1, 0.15) is 30.4 Å². The van der Waals surface area contributed by atoms with E-state index in [1.54, 1.807) is 19.1 Å². The van der Waals surface area contributed by atoms with Crippen molar-refractivity contribution in [2.45, 2.75) is 38.0 Å². The summed E-state index contributed by atoms with van der Waals surface area (Å²) in [5.74, 6) is 0. The second kappa shape index (κ2) is 7.35. The van der Waals surface area contributed by atoms with Gasteiger partial charge in [0.1, 0.15) is 0 Å². The van der Waals surface area contributed by atoms with Gasteiger partial charge in [-0.2, -0.15) is 0 Å². The van der Waals surface area contributed by atoms with Crippen LogP contribution in [-0.4, -0.2) is 39.6 Å². The third-order valence-corrected chi connectivity index (χ3v) is 5.12. The van der Waals surface area contributed by atoms with Gasteiger partial charge >= 0.3 is 0 Å². The van der Waals surface area contributed by atoms with Crippen LogP contribution in [0.4, 0.5) is 0 Å². The van der Waals surface area contributed by atoms with Crippen molar-refractivity contribution in [3.8, 4) is 0 Å². The molecular weight excluding hydrogens is 288 g/mol. The standard InChI is InChI=1S/C15H24N2O3S/c1-13-6-7-14(2)15(12-13)21(18,19)16-20-11-10-17-8-4-3-5-9-17/h6-7,12,16H,3-5,8-11H2,1-2H3. The summed E-state index contributed by atoms with van der Waals surface area (Å²) in [6.07, 6.45) is 3.72. The van der Waals surface area contributed by atoms with Crippen molar-refractivity contribution in [1.29, 1.82) is 0 Å². The zero-order valence-electron chi connectivity index (χ0n) is 12.8. The molecule has 1 N–H and O–H groups in total. The number of aryl methyl sites for hydroxylation is 2. The topological polar surface area (TPSA) is 58.6 Å². The monoisotopic (exact) mass is 312 g/mol. The van der Waals surface area contributed by atoms with E-state index in [1.807, 2.05) is 13.0 Å². The Morgan fingerprint density at radius 3 is 2.62 bits per heavy atom. The zero-order chi connectivity index (χ0) is 15.3. The molecule has 1 aromatic carbocycles. The van der Waals surface area contributed by atoms with E-state index in [9.17, 15) is 8.42 Å². The lowest BCUT2D eigenvalue weighted by Gasteiger charge is -2.25. The van der Waals surface area contributed by atoms with Crippen LogP contribution in [0.2, 0.25) is 0 Å². The fraction of sp³-hybridized carbons (Fsp3) is 0.600. The van der Waals surface area contributed by atoms with Crippen LogP contribution in [0.5, 0.6) is 0 Å². The van der Waals surface area contributed by atoms with Crippen molar-refractivity contribution < 1.29 is 13.3 Å². The molecule has 1 aliphatic heterocycles. The lowest BCUT2D eigenvalue weighted by Crippen LogP contribution is -2.35. The van der Waals surface area contributed by atoms with Crippen LogP contribution in [0.15, 0.2) is 23.1 Å². The minimum Gasteiger partial charge on any atom is -0.301 e. The Bertz CT molecular complexity index is 566. The summed E-state index contributed by atoms with van der Waals surface area (Å²) in [5.41, 5.74) is 1.63. The van der Waals surface area contributed by atoms with Gasteiger partial charge in [-0.1, -0.05) is 23.4 Å². The van der Waals surface area contributed by atoms with Crippen LogP contribution < -0.4 is 4.89 Å². The quantitative estimate of drug-likeness (QED) is 0.645. The van der Waals surface area contributed by atoms with Gasteiger partial charge in [-0.3, -0.25) is 4.84 Å². The Morgan fingerprint density at radius 1 is 1.19 bits per heavy atom. The summed E-state index contributed by atoms with van der Waals surface area (Å²) in [7, 11) is -3.61. The number of rotatable bonds is 6. The molecule has 1 aliphatic rings. The molecule has 5 nitrogen and oxygen atoms in total. The van der Waals surface area contributed by atoms with Crippen LogP contribution in [-0.2, 0) is 14.9 Å². The highest BCUT2D eigenvalue weighted by atomic mass is 32.2. The highest BCUT2D eigenvalue weighted by Gasteiger charge is 2.17. The van der Waals surface area contributed by atoms with Crippen LogP contribution in [0.25, 0.3) is 0 Å². The normalized spacial score (nSPS) is 17.0. The summed E-state index contributed by atoms with van der Waals surface area (Å²) in [6.45, 7) is 6.93. The Morgan fingerprint density at radius 2 is 1.90 bits per heavy atom.